The molecule has 1 atom stereocenters. The van der Waals surface area contributed by atoms with Crippen molar-refractivity contribution < 1.29 is 4.74 Å². The van der Waals surface area contributed by atoms with Gasteiger partial charge in [-0.05, 0) is 36.8 Å². The molecular formula is C15H24O. The Morgan fingerprint density at radius 1 is 1.06 bits per heavy atom. The number of rotatable bonds is 6. The summed E-state index contributed by atoms with van der Waals surface area (Å²) in [6.07, 6.45) is 2.45. The van der Waals surface area contributed by atoms with E-state index in [2.05, 4.69) is 52.0 Å². The molecule has 0 fully saturated rings. The standard InChI is InChI=1S/C15H24O/c1-5-10-16-13(4)15-8-6-14(7-9-15)11-12(2)3/h6-9,12-13H,5,10-11H2,1-4H3. The second kappa shape index (κ2) is 6.70. The molecule has 1 unspecified atom stereocenters. The highest BCUT2D eigenvalue weighted by Crippen LogP contribution is 2.18. The van der Waals surface area contributed by atoms with Crippen molar-refractivity contribution in [2.75, 3.05) is 6.61 Å². The lowest BCUT2D eigenvalue weighted by Gasteiger charge is -2.13. The summed E-state index contributed by atoms with van der Waals surface area (Å²) in [5, 5.41) is 0. The van der Waals surface area contributed by atoms with E-state index in [0.29, 0.717) is 0 Å². The van der Waals surface area contributed by atoms with E-state index in [4.69, 9.17) is 4.74 Å². The second-order valence-corrected chi connectivity index (χ2v) is 4.85. The first-order chi connectivity index (χ1) is 7.63. The van der Waals surface area contributed by atoms with Gasteiger partial charge in [0.15, 0.2) is 0 Å². The molecule has 1 heteroatoms. The minimum atomic E-state index is 0.216. The van der Waals surface area contributed by atoms with Gasteiger partial charge in [0.05, 0.1) is 6.10 Å². The summed E-state index contributed by atoms with van der Waals surface area (Å²) in [5.41, 5.74) is 2.70. The Hall–Kier alpha value is -0.820. The third kappa shape index (κ3) is 4.36. The molecule has 0 aliphatic carbocycles. The minimum absolute atomic E-state index is 0.216. The van der Waals surface area contributed by atoms with Gasteiger partial charge in [0.1, 0.15) is 0 Å². The van der Waals surface area contributed by atoms with Crippen molar-refractivity contribution in [1.29, 1.82) is 0 Å². The van der Waals surface area contributed by atoms with E-state index in [1.165, 1.54) is 11.1 Å². The van der Waals surface area contributed by atoms with E-state index >= 15 is 0 Å². The van der Waals surface area contributed by atoms with Crippen LogP contribution in [0.2, 0.25) is 0 Å². The Morgan fingerprint density at radius 2 is 1.69 bits per heavy atom. The van der Waals surface area contributed by atoms with Gasteiger partial charge in [-0.2, -0.15) is 0 Å². The normalized spacial score (nSPS) is 13.1. The van der Waals surface area contributed by atoms with E-state index in [1.54, 1.807) is 0 Å². The highest BCUT2D eigenvalue weighted by atomic mass is 16.5. The third-order valence-corrected chi connectivity index (χ3v) is 2.67. The maximum Gasteiger partial charge on any atom is 0.0796 e. The van der Waals surface area contributed by atoms with Crippen LogP contribution in [-0.4, -0.2) is 6.61 Å². The molecule has 0 spiro atoms. The van der Waals surface area contributed by atoms with Crippen LogP contribution < -0.4 is 0 Å². The summed E-state index contributed by atoms with van der Waals surface area (Å²) in [6.45, 7) is 9.60. The number of hydrogen-bond acceptors (Lipinski definition) is 1. The van der Waals surface area contributed by atoms with Crippen molar-refractivity contribution in [2.24, 2.45) is 5.92 Å². The molecule has 16 heavy (non-hydrogen) atoms. The Bertz CT molecular complexity index is 287. The maximum absolute atomic E-state index is 5.70. The number of ether oxygens (including phenoxy) is 1. The van der Waals surface area contributed by atoms with Crippen molar-refractivity contribution in [3.63, 3.8) is 0 Å². The largest absolute Gasteiger partial charge is 0.374 e. The summed E-state index contributed by atoms with van der Waals surface area (Å²) in [4.78, 5) is 0. The molecule has 0 radical (unpaired) electrons. The van der Waals surface area contributed by atoms with Gasteiger partial charge in [0.25, 0.3) is 0 Å². The molecule has 0 N–H and O–H groups in total. The predicted molar refractivity (Wildman–Crippen MR) is 69.6 cm³/mol. The van der Waals surface area contributed by atoms with Gasteiger partial charge in [-0.25, -0.2) is 0 Å². The summed E-state index contributed by atoms with van der Waals surface area (Å²) >= 11 is 0. The molecule has 1 aromatic rings. The Labute approximate surface area is 99.8 Å². The van der Waals surface area contributed by atoms with Crippen LogP contribution in [0.1, 0.15) is 51.3 Å². The van der Waals surface area contributed by atoms with Crippen molar-refractivity contribution in [2.45, 2.75) is 46.6 Å². The first-order valence-electron chi connectivity index (χ1n) is 6.34. The van der Waals surface area contributed by atoms with Crippen LogP contribution in [0, 0.1) is 5.92 Å². The average molecular weight is 220 g/mol. The van der Waals surface area contributed by atoms with Crippen molar-refractivity contribution >= 4 is 0 Å². The van der Waals surface area contributed by atoms with E-state index in [9.17, 15) is 0 Å². The molecular weight excluding hydrogens is 196 g/mol. The van der Waals surface area contributed by atoms with E-state index in [-0.39, 0.29) is 6.10 Å². The van der Waals surface area contributed by atoms with E-state index in [1.807, 2.05) is 0 Å². The topological polar surface area (TPSA) is 9.23 Å². The molecule has 0 saturated heterocycles. The van der Waals surface area contributed by atoms with Crippen LogP contribution in [0.4, 0.5) is 0 Å². The van der Waals surface area contributed by atoms with Gasteiger partial charge >= 0.3 is 0 Å². The number of benzene rings is 1. The fourth-order valence-electron chi connectivity index (χ4n) is 1.79. The Morgan fingerprint density at radius 3 is 2.19 bits per heavy atom. The zero-order valence-corrected chi connectivity index (χ0v) is 11.0. The molecule has 1 aromatic carbocycles. The van der Waals surface area contributed by atoms with Crippen molar-refractivity contribution in [3.8, 4) is 0 Å². The Balaban J connectivity index is 2.56. The van der Waals surface area contributed by atoms with Crippen LogP contribution in [0.3, 0.4) is 0 Å². The van der Waals surface area contributed by atoms with Gasteiger partial charge in [0.2, 0.25) is 0 Å². The zero-order chi connectivity index (χ0) is 12.0. The maximum atomic E-state index is 5.70. The van der Waals surface area contributed by atoms with Crippen LogP contribution in [0.25, 0.3) is 0 Å². The van der Waals surface area contributed by atoms with E-state index < -0.39 is 0 Å². The fourth-order valence-corrected chi connectivity index (χ4v) is 1.79. The summed E-state index contributed by atoms with van der Waals surface area (Å²) in [5.74, 6) is 0.722. The summed E-state index contributed by atoms with van der Waals surface area (Å²) in [7, 11) is 0. The lowest BCUT2D eigenvalue weighted by atomic mass is 10.0. The van der Waals surface area contributed by atoms with Crippen LogP contribution in [0.5, 0.6) is 0 Å². The molecule has 0 aliphatic heterocycles. The third-order valence-electron chi connectivity index (χ3n) is 2.67. The average Bonchev–Trinajstić information content (AvgIpc) is 2.26. The highest BCUT2D eigenvalue weighted by Gasteiger charge is 2.05. The second-order valence-electron chi connectivity index (χ2n) is 4.85. The van der Waals surface area contributed by atoms with Gasteiger partial charge in [0, 0.05) is 6.61 Å². The van der Waals surface area contributed by atoms with Crippen LogP contribution in [-0.2, 0) is 11.2 Å². The van der Waals surface area contributed by atoms with Crippen LogP contribution in [0.15, 0.2) is 24.3 Å². The lowest BCUT2D eigenvalue weighted by Crippen LogP contribution is -2.01. The van der Waals surface area contributed by atoms with E-state index in [0.717, 1.165) is 25.4 Å². The molecule has 0 saturated carbocycles. The van der Waals surface area contributed by atoms with Gasteiger partial charge in [-0.3, -0.25) is 0 Å². The molecule has 90 valence electrons. The zero-order valence-electron chi connectivity index (χ0n) is 11.0. The summed E-state index contributed by atoms with van der Waals surface area (Å²) in [6, 6.07) is 8.83. The fraction of sp³-hybridized carbons (Fsp3) is 0.600. The van der Waals surface area contributed by atoms with Gasteiger partial charge < -0.3 is 4.74 Å². The molecule has 1 nitrogen and oxygen atoms in total. The molecule has 1 rings (SSSR count). The Kier molecular flexibility index (Phi) is 5.54. The lowest BCUT2D eigenvalue weighted by molar-refractivity contribution is 0.0662. The quantitative estimate of drug-likeness (QED) is 0.691. The predicted octanol–water partition coefficient (Wildman–Crippen LogP) is 4.37. The van der Waals surface area contributed by atoms with Crippen molar-refractivity contribution in [1.82, 2.24) is 0 Å². The van der Waals surface area contributed by atoms with Crippen LogP contribution >= 0.6 is 0 Å². The number of hydrogen-bond donors (Lipinski definition) is 0. The molecule has 0 heterocycles. The SMILES string of the molecule is CCCOC(C)c1ccc(CC(C)C)cc1. The highest BCUT2D eigenvalue weighted by molar-refractivity contribution is 5.24. The van der Waals surface area contributed by atoms with Gasteiger partial charge in [-0.15, -0.1) is 0 Å². The summed E-state index contributed by atoms with van der Waals surface area (Å²) < 4.78 is 5.70. The molecule has 0 amide bonds. The van der Waals surface area contributed by atoms with Gasteiger partial charge in [-0.1, -0.05) is 45.0 Å². The molecule has 0 aliphatic rings. The first-order valence-corrected chi connectivity index (χ1v) is 6.34. The first kappa shape index (κ1) is 13.2. The van der Waals surface area contributed by atoms with Crippen molar-refractivity contribution in [3.05, 3.63) is 35.4 Å². The smallest absolute Gasteiger partial charge is 0.0796 e. The minimum Gasteiger partial charge on any atom is -0.374 e. The monoisotopic (exact) mass is 220 g/mol. The molecule has 0 bridgehead atoms. The molecule has 0 aromatic heterocycles.